The molecule has 3 atom stereocenters. The van der Waals surface area contributed by atoms with E-state index in [2.05, 4.69) is 16.0 Å². The monoisotopic (exact) mass is 400 g/mol. The van der Waals surface area contributed by atoms with Crippen LogP contribution in [-0.4, -0.2) is 51.7 Å². The van der Waals surface area contributed by atoms with Gasteiger partial charge in [0.15, 0.2) is 0 Å². The summed E-state index contributed by atoms with van der Waals surface area (Å²) in [7, 11) is 0. The molecular weight excluding hydrogens is 374 g/mol. The maximum Gasteiger partial charge on any atom is 0.255 e. The molecule has 0 unspecified atom stereocenters. The van der Waals surface area contributed by atoms with E-state index in [-0.39, 0.29) is 17.3 Å². The molecule has 2 fully saturated rings. The van der Waals surface area contributed by atoms with E-state index in [4.69, 9.17) is 0 Å². The highest BCUT2D eigenvalue weighted by atomic mass is 19.1. The Hall–Kier alpha value is -2.12. The SMILES string of the molecule is O=c1c(CN2CC[C@@H](F)C2)ccc2n1C[C@H]1C[C@@H]2CN(Cc2ccncc2F)C1. The smallest absolute Gasteiger partial charge is 0.255 e. The van der Waals surface area contributed by atoms with Crippen LogP contribution >= 0.6 is 0 Å². The number of fused-ring (bicyclic) bond motifs is 4. The Morgan fingerprint density at radius 2 is 1.90 bits per heavy atom. The minimum atomic E-state index is -0.772. The van der Waals surface area contributed by atoms with Crippen LogP contribution in [0.2, 0.25) is 0 Å². The van der Waals surface area contributed by atoms with Crippen LogP contribution in [0.25, 0.3) is 0 Å². The van der Waals surface area contributed by atoms with Gasteiger partial charge in [-0.15, -0.1) is 0 Å². The maximum absolute atomic E-state index is 14.0. The Kier molecular flexibility index (Phi) is 4.95. The van der Waals surface area contributed by atoms with Crippen molar-refractivity contribution in [2.24, 2.45) is 5.92 Å². The Morgan fingerprint density at radius 1 is 1.03 bits per heavy atom. The number of pyridine rings is 2. The number of likely N-dealkylation sites (tertiary alicyclic amines) is 2. The Bertz CT molecular complexity index is 962. The summed E-state index contributed by atoms with van der Waals surface area (Å²) in [4.78, 5) is 21.3. The molecule has 0 spiro atoms. The zero-order valence-electron chi connectivity index (χ0n) is 16.4. The van der Waals surface area contributed by atoms with E-state index in [1.165, 1.54) is 6.20 Å². The molecule has 0 N–H and O–H groups in total. The van der Waals surface area contributed by atoms with Crippen molar-refractivity contribution in [1.29, 1.82) is 0 Å². The molecule has 29 heavy (non-hydrogen) atoms. The van der Waals surface area contributed by atoms with Gasteiger partial charge in [-0.1, -0.05) is 6.07 Å². The maximum atomic E-state index is 14.0. The van der Waals surface area contributed by atoms with Gasteiger partial charge in [0.05, 0.1) is 6.20 Å². The highest BCUT2D eigenvalue weighted by Crippen LogP contribution is 2.36. The summed E-state index contributed by atoms with van der Waals surface area (Å²) in [6.07, 6.45) is 3.76. The topological polar surface area (TPSA) is 41.4 Å². The highest BCUT2D eigenvalue weighted by Gasteiger charge is 2.35. The van der Waals surface area contributed by atoms with Crippen molar-refractivity contribution < 1.29 is 8.78 Å². The lowest BCUT2D eigenvalue weighted by molar-refractivity contribution is 0.113. The lowest BCUT2D eigenvalue weighted by Gasteiger charge is -2.43. The summed E-state index contributed by atoms with van der Waals surface area (Å²) >= 11 is 0. The molecule has 2 aromatic rings. The van der Waals surface area contributed by atoms with Gasteiger partial charge in [0.25, 0.3) is 5.56 Å². The van der Waals surface area contributed by atoms with Crippen LogP contribution in [0.3, 0.4) is 0 Å². The number of hydrogen-bond acceptors (Lipinski definition) is 4. The van der Waals surface area contributed by atoms with Crippen LogP contribution in [0.5, 0.6) is 0 Å². The van der Waals surface area contributed by atoms with Gasteiger partial charge in [0.2, 0.25) is 0 Å². The highest BCUT2D eigenvalue weighted by molar-refractivity contribution is 5.23. The van der Waals surface area contributed by atoms with Crippen molar-refractivity contribution in [1.82, 2.24) is 19.4 Å². The fraction of sp³-hybridized carbons (Fsp3) is 0.545. The Balaban J connectivity index is 1.34. The third kappa shape index (κ3) is 3.73. The zero-order valence-corrected chi connectivity index (χ0v) is 16.4. The van der Waals surface area contributed by atoms with Gasteiger partial charge in [0, 0.05) is 74.7 Å². The van der Waals surface area contributed by atoms with Gasteiger partial charge in [-0.25, -0.2) is 8.78 Å². The Morgan fingerprint density at radius 3 is 2.69 bits per heavy atom. The van der Waals surface area contributed by atoms with Crippen LogP contribution in [0.4, 0.5) is 8.78 Å². The Labute approximate surface area is 169 Å². The van der Waals surface area contributed by atoms with Crippen molar-refractivity contribution >= 4 is 0 Å². The first kappa shape index (κ1) is 18.9. The van der Waals surface area contributed by atoms with Gasteiger partial charge >= 0.3 is 0 Å². The van der Waals surface area contributed by atoms with Crippen molar-refractivity contribution in [3.63, 3.8) is 0 Å². The average Bonchev–Trinajstić information content (AvgIpc) is 3.11. The molecule has 0 saturated carbocycles. The summed E-state index contributed by atoms with van der Waals surface area (Å²) in [5, 5.41) is 0. The van der Waals surface area contributed by atoms with E-state index in [0.717, 1.165) is 30.8 Å². The normalized spacial score (nSPS) is 27.2. The number of piperidine rings is 1. The number of halogens is 2. The first-order valence-corrected chi connectivity index (χ1v) is 10.5. The average molecular weight is 400 g/mol. The second-order valence-corrected chi connectivity index (χ2v) is 8.78. The third-order valence-corrected chi connectivity index (χ3v) is 6.62. The molecule has 2 aromatic heterocycles. The van der Waals surface area contributed by atoms with Crippen LogP contribution in [0.15, 0.2) is 35.4 Å². The van der Waals surface area contributed by atoms with Crippen LogP contribution in [0.1, 0.15) is 35.6 Å². The van der Waals surface area contributed by atoms with Crippen molar-refractivity contribution in [3.8, 4) is 0 Å². The molecule has 0 amide bonds. The molecule has 0 aliphatic carbocycles. The van der Waals surface area contributed by atoms with Gasteiger partial charge in [-0.05, 0) is 30.9 Å². The molecule has 0 aromatic carbocycles. The molecule has 154 valence electrons. The molecule has 2 saturated heterocycles. The minimum Gasteiger partial charge on any atom is -0.312 e. The number of nitrogens with zero attached hydrogens (tertiary/aromatic N) is 4. The summed E-state index contributed by atoms with van der Waals surface area (Å²) < 4.78 is 29.4. The van der Waals surface area contributed by atoms with Crippen LogP contribution in [0, 0.1) is 11.7 Å². The molecule has 3 aliphatic rings. The molecule has 3 aliphatic heterocycles. The van der Waals surface area contributed by atoms with Crippen LogP contribution in [-0.2, 0) is 19.6 Å². The third-order valence-electron chi connectivity index (χ3n) is 6.62. The number of alkyl halides is 1. The van der Waals surface area contributed by atoms with Gasteiger partial charge in [-0.2, -0.15) is 0 Å². The summed E-state index contributed by atoms with van der Waals surface area (Å²) in [5.74, 6) is 0.416. The first-order chi connectivity index (χ1) is 14.1. The van der Waals surface area contributed by atoms with Crippen LogP contribution < -0.4 is 5.56 Å². The summed E-state index contributed by atoms with van der Waals surface area (Å²) in [6, 6.07) is 5.75. The fourth-order valence-electron chi connectivity index (χ4n) is 5.28. The molecule has 5 nitrogen and oxygen atoms in total. The molecule has 7 heteroatoms. The van der Waals surface area contributed by atoms with E-state index < -0.39 is 6.17 Å². The van der Waals surface area contributed by atoms with Crippen molar-refractivity contribution in [3.05, 3.63) is 63.6 Å². The summed E-state index contributed by atoms with van der Waals surface area (Å²) in [5.41, 5.74) is 2.59. The lowest BCUT2D eigenvalue weighted by atomic mass is 9.83. The number of hydrogen-bond donors (Lipinski definition) is 0. The fourth-order valence-corrected chi connectivity index (χ4v) is 5.28. The lowest BCUT2D eigenvalue weighted by Crippen LogP contribution is -2.47. The van der Waals surface area contributed by atoms with E-state index >= 15 is 0 Å². The minimum absolute atomic E-state index is 0.0770. The zero-order chi connectivity index (χ0) is 20.0. The van der Waals surface area contributed by atoms with E-state index in [9.17, 15) is 13.6 Å². The van der Waals surface area contributed by atoms with Crippen molar-refractivity contribution in [2.45, 2.75) is 44.6 Å². The summed E-state index contributed by atoms with van der Waals surface area (Å²) in [6.45, 7) is 4.64. The first-order valence-electron chi connectivity index (χ1n) is 10.5. The number of rotatable bonds is 4. The van der Waals surface area contributed by atoms with Gasteiger partial charge in [-0.3, -0.25) is 19.6 Å². The predicted molar refractivity (Wildman–Crippen MR) is 106 cm³/mol. The molecule has 5 rings (SSSR count). The van der Waals surface area contributed by atoms with Crippen molar-refractivity contribution in [2.75, 3.05) is 26.2 Å². The van der Waals surface area contributed by atoms with E-state index in [0.29, 0.717) is 50.6 Å². The second-order valence-electron chi connectivity index (χ2n) is 8.78. The molecule has 2 bridgehead atoms. The van der Waals surface area contributed by atoms with E-state index in [1.54, 1.807) is 12.3 Å². The number of aromatic nitrogens is 2. The molecule has 0 radical (unpaired) electrons. The molecule has 5 heterocycles. The van der Waals surface area contributed by atoms with E-state index in [1.807, 2.05) is 15.5 Å². The predicted octanol–water partition coefficient (Wildman–Crippen LogP) is 2.55. The van der Waals surface area contributed by atoms with Gasteiger partial charge in [0.1, 0.15) is 12.0 Å². The second kappa shape index (κ2) is 7.61. The quantitative estimate of drug-likeness (QED) is 0.791. The molecular formula is C22H26F2N4O. The standard InChI is InChI=1S/C22H26F2N4O/c23-19-4-6-26(14-19)12-17-1-2-21-18-7-15(10-28(21)22(17)29)9-27(13-18)11-16-3-5-25-8-20(16)24/h1-3,5,8,15,18-19H,4,6-7,9-14H2/t15-,18+,19+/m0/s1. The largest absolute Gasteiger partial charge is 0.312 e. The van der Waals surface area contributed by atoms with Gasteiger partial charge < -0.3 is 4.57 Å².